The molecule has 0 bridgehead atoms. The molecule has 0 aliphatic rings. The number of carboxylic acids is 3. The molecule has 629 valence electrons. The number of hydrogen-bond donors (Lipinski definition) is 5. The first kappa shape index (κ1) is 104. The molecule has 5 radical (unpaired) electrons. The molecule has 15 rings (SSSR count). The molecular formula is C86H74F6Ir5N13O8S-5. The minimum absolute atomic E-state index is 0. The Hall–Kier alpha value is -10.7. The molecule has 0 unspecified atom stereocenters. The van der Waals surface area contributed by atoms with Crippen molar-refractivity contribution in [3.63, 3.8) is 0 Å². The Bertz CT molecular complexity index is 5530. The van der Waals surface area contributed by atoms with Gasteiger partial charge in [-0.15, -0.1) is 89.8 Å². The van der Waals surface area contributed by atoms with Crippen LogP contribution in [0.3, 0.4) is 0 Å². The summed E-state index contributed by atoms with van der Waals surface area (Å²) in [6, 6.07) is 68.2. The zero-order valence-corrected chi connectivity index (χ0v) is 77.5. The van der Waals surface area contributed by atoms with E-state index in [1.807, 2.05) is 99.2 Å². The normalized spacial score (nSPS) is 9.90. The monoisotopic (exact) mass is 2530 g/mol. The van der Waals surface area contributed by atoms with E-state index in [2.05, 4.69) is 111 Å². The van der Waals surface area contributed by atoms with E-state index in [9.17, 15) is 45.5 Å². The van der Waals surface area contributed by atoms with Crippen molar-refractivity contribution in [2.45, 2.75) is 48.1 Å². The number of benzene rings is 5. The van der Waals surface area contributed by atoms with Gasteiger partial charge in [0.2, 0.25) is 0 Å². The first-order chi connectivity index (χ1) is 54.5. The summed E-state index contributed by atoms with van der Waals surface area (Å²) in [6.45, 7) is 10.8. The topological polar surface area (TPSA) is 292 Å². The average Bonchev–Trinajstić information content (AvgIpc) is 1.38. The number of allylic oxidation sites excluding steroid dienone is 2. The number of carboxylic acid groups (broad SMARTS) is 3. The standard InChI is InChI=1S/C15H10N.C13H11F2N2.C13H8NS.C11H7F2N2.C11H6F2N.3C6H8N2O2.C5H8O2.5Ir/c1-2-7-13(8-3-1)15-14-9-5-4-6-12(14)10-11-16-15;1-16-8-9-4-5-17-13(6-9)11-3-2-10(14)7-12(11)15;1-2-7-12-10(5-1)9-13(15-12)11-6-3-4-8-14-11;1-7-4-5-14-9(6-7)8-2-3-10(12)15-11(8)13;12-8-4-5-9(10(13)7-8)11-3-1-2-6-14-11;3*1-4-3-5(6(9)10)7-8(4)2;1-4(6)3-5(2)7;;;;;/h1-7,9-11H;2,4-7,16H,8H2,1H3;1-8H;3-6H,1H3;1-4,6-7H;3*3H,1-2H3,(H,9,10);3,6H,1-2H3;;;;;/q5*-1;;;;;;;;;. The first-order valence-electron chi connectivity index (χ1n) is 34.1. The molecule has 0 amide bonds. The summed E-state index contributed by atoms with van der Waals surface area (Å²) in [5.74, 6) is -7.37. The fraction of sp³-hybridized carbons (Fsp3) is 0.128. The van der Waals surface area contributed by atoms with Gasteiger partial charge in [0, 0.05) is 211 Å². The number of ketones is 1. The van der Waals surface area contributed by atoms with E-state index in [-0.39, 0.29) is 146 Å². The van der Waals surface area contributed by atoms with Crippen molar-refractivity contribution in [2.24, 2.45) is 21.1 Å². The number of hydrogen-bond acceptors (Lipinski definition) is 16. The number of aromatic nitrogens is 12. The number of aliphatic hydroxyl groups is 1. The van der Waals surface area contributed by atoms with E-state index < -0.39 is 53.1 Å². The first-order valence-corrected chi connectivity index (χ1v) is 34.9. The summed E-state index contributed by atoms with van der Waals surface area (Å²) in [4.78, 5) is 65.8. The van der Waals surface area contributed by atoms with Crippen LogP contribution in [0.25, 0.3) is 76.5 Å². The third-order valence-electron chi connectivity index (χ3n) is 15.3. The molecule has 0 spiro atoms. The van der Waals surface area contributed by atoms with Crippen LogP contribution in [0.15, 0.2) is 231 Å². The van der Waals surface area contributed by atoms with Crippen molar-refractivity contribution < 1.29 is 166 Å². The summed E-state index contributed by atoms with van der Waals surface area (Å²) < 4.78 is 83.7. The number of halogens is 6. The number of carbonyl (C=O) groups is 4. The van der Waals surface area contributed by atoms with Crippen molar-refractivity contribution >= 4 is 55.9 Å². The third-order valence-corrected chi connectivity index (χ3v) is 16.4. The van der Waals surface area contributed by atoms with Gasteiger partial charge in [-0.25, -0.2) is 34.5 Å². The van der Waals surface area contributed by atoms with Crippen molar-refractivity contribution in [1.29, 1.82) is 0 Å². The van der Waals surface area contributed by atoms with E-state index >= 15 is 0 Å². The number of thiophene rings is 1. The number of aryl methyl sites for hydroxylation is 7. The molecule has 10 aromatic heterocycles. The van der Waals surface area contributed by atoms with Crippen molar-refractivity contribution in [3.05, 3.63) is 342 Å². The van der Waals surface area contributed by atoms with Crippen LogP contribution in [-0.2, 0) is 133 Å². The summed E-state index contributed by atoms with van der Waals surface area (Å²) in [6.07, 6.45) is 9.53. The third kappa shape index (κ3) is 33.9. The van der Waals surface area contributed by atoms with Gasteiger partial charge in [-0.2, -0.15) is 15.3 Å². The molecule has 0 atom stereocenters. The molecule has 5 aromatic carbocycles. The quantitative estimate of drug-likeness (QED) is 0.0264. The number of nitrogens with zero attached hydrogens (tertiary/aromatic N) is 12. The van der Waals surface area contributed by atoms with Gasteiger partial charge in [-0.05, 0) is 146 Å². The Kier molecular flexibility index (Phi) is 46.4. The summed E-state index contributed by atoms with van der Waals surface area (Å²) >= 11 is 1.73. The number of aromatic carboxylic acids is 3. The molecule has 0 fully saturated rings. The predicted octanol–water partition coefficient (Wildman–Crippen LogP) is 17.7. The van der Waals surface area contributed by atoms with Gasteiger partial charge in [-0.1, -0.05) is 113 Å². The zero-order valence-electron chi connectivity index (χ0n) is 64.7. The second-order valence-corrected chi connectivity index (χ2v) is 25.2. The molecule has 33 heteroatoms. The largest absolute Gasteiger partial charge is 0.512 e. The van der Waals surface area contributed by atoms with E-state index in [1.54, 1.807) is 108 Å². The van der Waals surface area contributed by atoms with Crippen LogP contribution in [0.4, 0.5) is 26.3 Å². The summed E-state index contributed by atoms with van der Waals surface area (Å²) in [5, 5.41) is 51.4. The predicted molar refractivity (Wildman–Crippen MR) is 422 cm³/mol. The van der Waals surface area contributed by atoms with Crippen molar-refractivity contribution in [2.75, 3.05) is 7.05 Å². The van der Waals surface area contributed by atoms with Crippen LogP contribution < -0.4 is 5.32 Å². The second-order valence-electron chi connectivity index (χ2n) is 24.1. The minimum atomic E-state index is -0.983. The fourth-order valence-electron chi connectivity index (χ4n) is 9.64. The van der Waals surface area contributed by atoms with Gasteiger partial charge in [0.05, 0.1) is 5.76 Å². The van der Waals surface area contributed by atoms with Crippen LogP contribution in [0.5, 0.6) is 0 Å². The molecule has 0 saturated heterocycles. The maximum atomic E-state index is 13.5. The zero-order chi connectivity index (χ0) is 83.0. The second kappa shape index (κ2) is 52.9. The van der Waals surface area contributed by atoms with Crippen LogP contribution in [0.2, 0.25) is 0 Å². The summed E-state index contributed by atoms with van der Waals surface area (Å²) in [7, 11) is 6.95. The van der Waals surface area contributed by atoms with Gasteiger partial charge in [0.25, 0.3) is 0 Å². The summed E-state index contributed by atoms with van der Waals surface area (Å²) in [5.41, 5.74) is 9.55. The Labute approximate surface area is 754 Å². The SMILES string of the molecule is CC(=O)C=C(C)O.CNCc1ccnc(-c2[c-]cc(F)cc2F)c1.Cc1cc(C(=O)O)nn1C.Cc1cc(C(=O)O)nn1C.Cc1cc(C(=O)O)nn1C.Cc1ccnc(-c2[c-]cc(F)nc2F)c1.Fc1c[c-]c(-c2ccccn2)c(F)c1.[Ir].[Ir].[Ir].[Ir].[Ir].[c-]1c(-c2ccccn2)sc2ccccc12.[c-]1ccccc1-c1nccc2ccccc12. The molecule has 5 N–H and O–H groups in total. The van der Waals surface area contributed by atoms with Crippen molar-refractivity contribution in [3.8, 4) is 55.6 Å². The number of carbonyl (C=O) groups excluding carboxylic acids is 1. The Morgan fingerprint density at radius 1 is 0.487 bits per heavy atom. The van der Waals surface area contributed by atoms with Gasteiger partial charge >= 0.3 is 17.9 Å². The maximum absolute atomic E-state index is 13.5. The van der Waals surface area contributed by atoms with Crippen LogP contribution in [0, 0.1) is 93.2 Å². The van der Waals surface area contributed by atoms with Gasteiger partial charge in [0.1, 0.15) is 11.9 Å². The number of fused-ring (bicyclic) bond motifs is 2. The maximum Gasteiger partial charge on any atom is 0.356 e. The van der Waals surface area contributed by atoms with Crippen LogP contribution >= 0.6 is 11.3 Å². The Morgan fingerprint density at radius 3 is 1.39 bits per heavy atom. The fourth-order valence-corrected chi connectivity index (χ4v) is 10.6. The van der Waals surface area contributed by atoms with E-state index in [4.69, 9.17) is 20.4 Å². The molecule has 0 aliphatic heterocycles. The van der Waals surface area contributed by atoms with E-state index in [1.165, 1.54) is 73.0 Å². The molecule has 0 aliphatic carbocycles. The number of aliphatic hydroxyl groups excluding tert-OH is 1. The van der Waals surface area contributed by atoms with Crippen LogP contribution in [0.1, 0.15) is 73.5 Å². The van der Waals surface area contributed by atoms with Crippen LogP contribution in [-0.4, -0.2) is 110 Å². The molecular weight excluding hydrogens is 2450 g/mol. The van der Waals surface area contributed by atoms with Crippen molar-refractivity contribution in [1.82, 2.24) is 64.6 Å². The molecule has 10 heterocycles. The average molecular weight is 2520 g/mol. The van der Waals surface area contributed by atoms with Gasteiger partial charge in [-0.3, -0.25) is 41.4 Å². The molecule has 15 aromatic rings. The molecule has 119 heavy (non-hydrogen) atoms. The number of nitrogens with one attached hydrogen (secondary N) is 1. The van der Waals surface area contributed by atoms with Gasteiger partial charge < -0.3 is 50.7 Å². The van der Waals surface area contributed by atoms with E-state index in [0.717, 1.165) is 80.4 Å². The molecule has 21 nitrogen and oxygen atoms in total. The number of pyridine rings is 6. The van der Waals surface area contributed by atoms with Gasteiger partial charge in [0.15, 0.2) is 22.9 Å². The smallest absolute Gasteiger partial charge is 0.356 e. The Balaban J connectivity index is 0.000000456. The number of rotatable bonds is 11. The minimum Gasteiger partial charge on any atom is -0.512 e. The van der Waals surface area contributed by atoms with E-state index in [0.29, 0.717) is 23.6 Å². The molecule has 0 saturated carbocycles. The Morgan fingerprint density at radius 2 is 0.958 bits per heavy atom.